The van der Waals surface area contributed by atoms with E-state index in [-0.39, 0.29) is 26.6 Å². The SMILES string of the molecule is Cc1cn(C2(C)OC(C)(COP(=O)(O)O)C(O)[C-]2C)c(=O)[nH]c1=O.[W]. The number of aromatic amines is 1. The zero-order valence-corrected chi connectivity index (χ0v) is 17.9. The molecule has 4 N–H and O–H groups in total. The Morgan fingerprint density at radius 3 is 2.52 bits per heavy atom. The second-order valence-electron chi connectivity index (χ2n) is 6.19. The molecule has 0 bridgehead atoms. The largest absolute Gasteiger partial charge is 0.469 e. The molecule has 12 heteroatoms. The fourth-order valence-corrected chi connectivity index (χ4v) is 3.17. The van der Waals surface area contributed by atoms with Gasteiger partial charge in [-0.1, -0.05) is 0 Å². The van der Waals surface area contributed by atoms with E-state index in [9.17, 15) is 19.3 Å². The molecule has 1 aromatic heterocycles. The minimum absolute atomic E-state index is 0. The Morgan fingerprint density at radius 2 is 2.00 bits per heavy atom. The molecule has 10 nitrogen and oxygen atoms in total. The smallest absolute Gasteiger partial charge is 0.422 e. The molecule has 0 radical (unpaired) electrons. The number of rotatable bonds is 4. The van der Waals surface area contributed by atoms with Gasteiger partial charge in [0.2, 0.25) is 0 Å². The number of aryl methyl sites for hydroxylation is 1. The Bertz CT molecular complexity index is 804. The van der Waals surface area contributed by atoms with Gasteiger partial charge in [-0.25, -0.2) is 15.3 Å². The van der Waals surface area contributed by atoms with Crippen molar-refractivity contribution in [2.45, 2.75) is 45.1 Å². The van der Waals surface area contributed by atoms with Crippen LogP contribution in [0.1, 0.15) is 26.3 Å². The third-order valence-corrected chi connectivity index (χ3v) is 4.72. The molecule has 1 saturated heterocycles. The van der Waals surface area contributed by atoms with Gasteiger partial charge in [-0.15, -0.1) is 0 Å². The number of phosphoric ester groups is 1. The number of hydrogen-bond acceptors (Lipinski definition) is 6. The number of nitrogens with one attached hydrogen (secondary N) is 1. The maximum atomic E-state index is 12.1. The van der Waals surface area contributed by atoms with Crippen LogP contribution in [0.3, 0.4) is 0 Å². The molecule has 0 spiro atoms. The summed E-state index contributed by atoms with van der Waals surface area (Å²) in [4.78, 5) is 43.5. The zero-order chi connectivity index (χ0) is 18.5. The van der Waals surface area contributed by atoms with Crippen LogP contribution in [0.2, 0.25) is 0 Å². The number of aliphatic hydroxyl groups is 1. The summed E-state index contributed by atoms with van der Waals surface area (Å²) in [6, 6.07) is 0. The van der Waals surface area contributed by atoms with Gasteiger partial charge >= 0.3 is 13.5 Å². The van der Waals surface area contributed by atoms with Crippen molar-refractivity contribution in [3.05, 3.63) is 38.5 Å². The average Bonchev–Trinajstić information content (AvgIpc) is 2.62. The van der Waals surface area contributed by atoms with Crippen molar-refractivity contribution in [3.8, 4) is 0 Å². The number of nitrogens with zero attached hydrogens (tertiary/aromatic N) is 1. The monoisotopic (exact) mass is 547 g/mol. The van der Waals surface area contributed by atoms with Gasteiger partial charge in [-0.3, -0.25) is 18.9 Å². The summed E-state index contributed by atoms with van der Waals surface area (Å²) in [5.74, 6) is 0.327. The van der Waals surface area contributed by atoms with E-state index < -0.39 is 43.1 Å². The second-order valence-corrected chi connectivity index (χ2v) is 7.43. The molecule has 0 aromatic carbocycles. The standard InChI is InChI=1S/C13H20N2O8P.W/c1-7-5-15(11(18)14-10(7)17)13(4)8(2)9(16)12(3,23-13)6-22-24(19,20)21;/h5,9,16H,6H2,1-4H3,(H,14,17,18)(H2,19,20,21);/q-1;. The molecule has 0 saturated carbocycles. The van der Waals surface area contributed by atoms with E-state index in [1.165, 1.54) is 27.0 Å². The minimum atomic E-state index is -4.76. The Morgan fingerprint density at radius 1 is 1.44 bits per heavy atom. The molecular weight excluding hydrogens is 527 g/mol. The molecule has 1 aromatic rings. The van der Waals surface area contributed by atoms with E-state index in [0.29, 0.717) is 5.92 Å². The van der Waals surface area contributed by atoms with Crippen molar-refractivity contribution in [2.75, 3.05) is 6.61 Å². The summed E-state index contributed by atoms with van der Waals surface area (Å²) in [5.41, 5.74) is -3.94. The molecule has 1 aliphatic rings. The zero-order valence-electron chi connectivity index (χ0n) is 14.0. The minimum Gasteiger partial charge on any atom is -0.422 e. The first-order valence-electron chi connectivity index (χ1n) is 7.05. The second kappa shape index (κ2) is 7.19. The normalized spacial score (nSPS) is 30.3. The van der Waals surface area contributed by atoms with Crippen LogP contribution in [-0.2, 0) is 40.6 Å². The van der Waals surface area contributed by atoms with Crippen molar-refractivity contribution in [3.63, 3.8) is 0 Å². The van der Waals surface area contributed by atoms with Crippen LogP contribution in [0.4, 0.5) is 0 Å². The van der Waals surface area contributed by atoms with Gasteiger partial charge in [0.05, 0.1) is 12.2 Å². The van der Waals surface area contributed by atoms with Crippen molar-refractivity contribution in [1.82, 2.24) is 9.55 Å². The van der Waals surface area contributed by atoms with Crippen LogP contribution in [0.5, 0.6) is 0 Å². The molecule has 1 fully saturated rings. The first kappa shape index (κ1) is 22.4. The number of aromatic nitrogens is 2. The van der Waals surface area contributed by atoms with Crippen molar-refractivity contribution in [1.29, 1.82) is 0 Å². The van der Waals surface area contributed by atoms with Crippen molar-refractivity contribution < 1.29 is 49.8 Å². The van der Waals surface area contributed by atoms with Gasteiger partial charge in [0.15, 0.2) is 0 Å². The van der Waals surface area contributed by atoms with E-state index in [2.05, 4.69) is 9.51 Å². The van der Waals surface area contributed by atoms with Crippen LogP contribution in [0, 0.1) is 12.8 Å². The number of H-pyrrole nitrogens is 1. The van der Waals surface area contributed by atoms with E-state index in [4.69, 9.17) is 14.5 Å². The van der Waals surface area contributed by atoms with Crippen LogP contribution in [0.25, 0.3) is 0 Å². The molecule has 1 aliphatic heterocycles. The molecule has 3 unspecified atom stereocenters. The summed E-state index contributed by atoms with van der Waals surface area (Å²) in [7, 11) is -4.76. The van der Waals surface area contributed by atoms with E-state index >= 15 is 0 Å². The van der Waals surface area contributed by atoms with E-state index in [0.717, 1.165) is 4.57 Å². The van der Waals surface area contributed by atoms with Gasteiger partial charge in [-0.2, -0.15) is 6.92 Å². The summed E-state index contributed by atoms with van der Waals surface area (Å²) < 4.78 is 22.3. The van der Waals surface area contributed by atoms with Crippen LogP contribution in [0.15, 0.2) is 15.8 Å². The molecule has 25 heavy (non-hydrogen) atoms. The van der Waals surface area contributed by atoms with Gasteiger partial charge in [0.25, 0.3) is 5.56 Å². The van der Waals surface area contributed by atoms with Crippen LogP contribution >= 0.6 is 7.82 Å². The number of hydrogen-bond donors (Lipinski definition) is 4. The molecular formula is C13H20N2O8PW-. The first-order chi connectivity index (χ1) is 10.8. The Hall–Kier alpha value is -0.602. The summed E-state index contributed by atoms with van der Waals surface area (Å²) >= 11 is 0. The Balaban J connectivity index is 0.00000312. The van der Waals surface area contributed by atoms with E-state index in [1.54, 1.807) is 6.92 Å². The predicted octanol–water partition coefficient (Wildman–Crippen LogP) is -0.631. The van der Waals surface area contributed by atoms with Gasteiger partial charge in [0.1, 0.15) is 0 Å². The van der Waals surface area contributed by atoms with Gasteiger partial charge < -0.3 is 19.6 Å². The summed E-state index contributed by atoms with van der Waals surface area (Å²) in [6.45, 7) is 5.37. The Labute approximate surface area is 157 Å². The predicted molar refractivity (Wildman–Crippen MR) is 82.1 cm³/mol. The first-order valence-corrected chi connectivity index (χ1v) is 8.58. The third-order valence-electron chi connectivity index (χ3n) is 4.25. The average molecular weight is 547 g/mol. The third kappa shape index (κ3) is 4.22. The molecule has 0 aliphatic carbocycles. The molecule has 142 valence electrons. The van der Waals surface area contributed by atoms with Crippen LogP contribution < -0.4 is 11.2 Å². The fourth-order valence-electron chi connectivity index (χ4n) is 2.75. The number of phosphoric acid groups is 1. The maximum absolute atomic E-state index is 12.1. The fraction of sp³-hybridized carbons (Fsp3) is 0.615. The van der Waals surface area contributed by atoms with Crippen LogP contribution in [-0.4, -0.2) is 42.8 Å². The van der Waals surface area contributed by atoms with Crippen molar-refractivity contribution in [2.24, 2.45) is 0 Å². The molecule has 2 rings (SSSR count). The summed E-state index contributed by atoms with van der Waals surface area (Å²) in [5, 5.41) is 10.4. The van der Waals surface area contributed by atoms with Gasteiger partial charge in [0, 0.05) is 38.6 Å². The topological polar surface area (TPSA) is 151 Å². The van der Waals surface area contributed by atoms with E-state index in [1.807, 2.05) is 0 Å². The van der Waals surface area contributed by atoms with Gasteiger partial charge in [-0.05, 0) is 26.9 Å². The van der Waals surface area contributed by atoms with Crippen molar-refractivity contribution >= 4 is 7.82 Å². The quantitative estimate of drug-likeness (QED) is 0.288. The maximum Gasteiger partial charge on any atom is 0.469 e. The summed E-state index contributed by atoms with van der Waals surface area (Å²) in [6.07, 6.45) is 0.0423. The Kier molecular flexibility index (Phi) is 6.46. The number of aliphatic hydroxyl groups excluding tert-OH is 1. The number of ether oxygens (including phenoxy) is 1. The molecule has 0 amide bonds. The molecule has 3 atom stereocenters. The molecule has 2 heterocycles.